The molecule has 1 atom stereocenters. The van der Waals surface area contributed by atoms with Crippen molar-refractivity contribution in [1.82, 2.24) is 25.3 Å². The Hall–Kier alpha value is -2.67. The smallest absolute Gasteiger partial charge is 0.324 e. The van der Waals surface area contributed by atoms with E-state index in [1.165, 1.54) is 4.90 Å². The molecule has 7 heteroatoms. The zero-order chi connectivity index (χ0) is 18.0. The minimum absolute atomic E-state index is 0.0522. The third kappa shape index (κ3) is 3.56. The van der Waals surface area contributed by atoms with E-state index in [9.17, 15) is 9.59 Å². The van der Waals surface area contributed by atoms with Gasteiger partial charge in [0.1, 0.15) is 5.54 Å². The van der Waals surface area contributed by atoms with Crippen molar-refractivity contribution < 1.29 is 9.59 Å². The molecule has 7 nitrogen and oxygen atoms in total. The Balaban J connectivity index is 1.70. The number of imide groups is 1. The van der Waals surface area contributed by atoms with Gasteiger partial charge in [0, 0.05) is 31.9 Å². The van der Waals surface area contributed by atoms with Crippen molar-refractivity contribution in [3.8, 4) is 0 Å². The molecule has 1 aliphatic heterocycles. The van der Waals surface area contributed by atoms with Crippen LogP contribution in [-0.4, -0.2) is 45.2 Å². The number of benzene rings is 1. The third-order valence-electron chi connectivity index (χ3n) is 4.32. The van der Waals surface area contributed by atoms with Crippen LogP contribution in [0.25, 0.3) is 0 Å². The van der Waals surface area contributed by atoms with Gasteiger partial charge in [0.05, 0.1) is 12.2 Å². The summed E-state index contributed by atoms with van der Waals surface area (Å²) >= 11 is 0. The van der Waals surface area contributed by atoms with E-state index in [4.69, 9.17) is 0 Å². The van der Waals surface area contributed by atoms with Crippen molar-refractivity contribution in [2.45, 2.75) is 25.4 Å². The van der Waals surface area contributed by atoms with Crippen LogP contribution in [0.4, 0.5) is 4.79 Å². The van der Waals surface area contributed by atoms with Gasteiger partial charge in [0.2, 0.25) is 0 Å². The number of urea groups is 1. The zero-order valence-corrected chi connectivity index (χ0v) is 14.7. The van der Waals surface area contributed by atoms with Gasteiger partial charge < -0.3 is 10.6 Å². The second-order valence-electron chi connectivity index (χ2n) is 6.76. The zero-order valence-electron chi connectivity index (χ0n) is 14.7. The van der Waals surface area contributed by atoms with Gasteiger partial charge in [-0.2, -0.15) is 5.10 Å². The van der Waals surface area contributed by atoms with E-state index in [1.54, 1.807) is 18.5 Å². The van der Waals surface area contributed by atoms with Gasteiger partial charge in [-0.15, -0.1) is 0 Å². The first-order chi connectivity index (χ1) is 11.9. The van der Waals surface area contributed by atoms with Crippen LogP contribution in [-0.2, 0) is 11.8 Å². The molecule has 0 bridgehead atoms. The maximum absolute atomic E-state index is 12.3. The van der Waals surface area contributed by atoms with Gasteiger partial charge in [-0.3, -0.25) is 14.4 Å². The molecule has 3 rings (SSSR count). The molecule has 0 radical (unpaired) electrons. The number of aromatic nitrogens is 2. The van der Waals surface area contributed by atoms with E-state index in [0.29, 0.717) is 13.1 Å². The van der Waals surface area contributed by atoms with Gasteiger partial charge >= 0.3 is 6.03 Å². The van der Waals surface area contributed by atoms with Crippen LogP contribution < -0.4 is 10.6 Å². The molecule has 25 heavy (non-hydrogen) atoms. The molecule has 132 valence electrons. The number of aryl methyl sites for hydroxylation is 1. The first-order valence-electron chi connectivity index (χ1n) is 8.29. The Morgan fingerprint density at radius 2 is 1.92 bits per heavy atom. The average molecular weight is 341 g/mol. The van der Waals surface area contributed by atoms with Crippen molar-refractivity contribution in [1.29, 1.82) is 0 Å². The van der Waals surface area contributed by atoms with E-state index in [-0.39, 0.29) is 18.0 Å². The number of hydrogen-bond acceptors (Lipinski definition) is 4. The van der Waals surface area contributed by atoms with E-state index >= 15 is 0 Å². The van der Waals surface area contributed by atoms with Crippen LogP contribution in [0.5, 0.6) is 0 Å². The molecule has 2 aromatic rings. The van der Waals surface area contributed by atoms with Crippen molar-refractivity contribution >= 4 is 11.9 Å². The summed E-state index contributed by atoms with van der Waals surface area (Å²) in [5.41, 5.74) is 1.30. The van der Waals surface area contributed by atoms with Gasteiger partial charge in [-0.1, -0.05) is 30.3 Å². The van der Waals surface area contributed by atoms with Crippen LogP contribution in [0.2, 0.25) is 0 Å². The minimum atomic E-state index is -0.834. The lowest BCUT2D eigenvalue weighted by Crippen LogP contribution is -2.41. The molecule has 0 aliphatic carbocycles. The molecule has 0 saturated carbocycles. The second-order valence-corrected chi connectivity index (χ2v) is 6.76. The third-order valence-corrected chi connectivity index (χ3v) is 4.32. The van der Waals surface area contributed by atoms with Crippen LogP contribution in [0.15, 0.2) is 42.7 Å². The number of amides is 3. The molecule has 1 aromatic carbocycles. The van der Waals surface area contributed by atoms with Crippen molar-refractivity contribution in [3.63, 3.8) is 0 Å². The lowest BCUT2D eigenvalue weighted by atomic mass is 10.0. The average Bonchev–Trinajstić information content (AvgIpc) is 3.08. The quantitative estimate of drug-likeness (QED) is 0.779. The predicted octanol–water partition coefficient (Wildman–Crippen LogP) is 1.43. The summed E-state index contributed by atoms with van der Waals surface area (Å²) < 4.78 is 1.76. The number of rotatable bonds is 6. The molecular formula is C18H23N5O2. The van der Waals surface area contributed by atoms with Crippen molar-refractivity contribution in [2.24, 2.45) is 7.05 Å². The van der Waals surface area contributed by atoms with Gasteiger partial charge in [0.25, 0.3) is 5.91 Å². The summed E-state index contributed by atoms with van der Waals surface area (Å²) in [6, 6.07) is 9.64. The first kappa shape index (κ1) is 17.2. The highest BCUT2D eigenvalue weighted by molar-refractivity contribution is 6.06. The van der Waals surface area contributed by atoms with E-state index in [0.717, 1.165) is 11.1 Å². The maximum atomic E-state index is 12.3. The molecule has 1 aromatic heterocycles. The predicted molar refractivity (Wildman–Crippen MR) is 93.8 cm³/mol. The first-order valence-corrected chi connectivity index (χ1v) is 8.29. The van der Waals surface area contributed by atoms with E-state index < -0.39 is 5.54 Å². The Morgan fingerprint density at radius 1 is 1.20 bits per heavy atom. The second kappa shape index (κ2) is 6.68. The van der Waals surface area contributed by atoms with Gasteiger partial charge in [-0.25, -0.2) is 4.79 Å². The monoisotopic (exact) mass is 341 g/mol. The maximum Gasteiger partial charge on any atom is 0.325 e. The number of nitrogens with zero attached hydrogens (tertiary/aromatic N) is 3. The highest BCUT2D eigenvalue weighted by Crippen LogP contribution is 2.21. The summed E-state index contributed by atoms with van der Waals surface area (Å²) in [4.78, 5) is 25.5. The molecular weight excluding hydrogens is 318 g/mol. The molecule has 1 fully saturated rings. The van der Waals surface area contributed by atoms with Gasteiger partial charge in [-0.05, 0) is 19.4 Å². The fourth-order valence-electron chi connectivity index (χ4n) is 3.00. The molecule has 3 amide bonds. The number of hydrogen-bond donors (Lipinski definition) is 2. The number of carbonyl (C=O) groups excluding carboxylic acids is 2. The summed E-state index contributed by atoms with van der Waals surface area (Å²) in [7, 11) is 1.88. The van der Waals surface area contributed by atoms with Crippen LogP contribution >= 0.6 is 0 Å². The molecule has 1 aliphatic rings. The molecule has 2 heterocycles. The fourth-order valence-corrected chi connectivity index (χ4v) is 3.00. The fraction of sp³-hybridized carbons (Fsp3) is 0.389. The van der Waals surface area contributed by atoms with Crippen molar-refractivity contribution in [2.75, 3.05) is 13.1 Å². The Kier molecular flexibility index (Phi) is 4.59. The molecule has 1 saturated heterocycles. The number of carbonyl (C=O) groups is 2. The minimum Gasteiger partial charge on any atom is -0.324 e. The number of nitrogens with one attached hydrogen (secondary N) is 2. The topological polar surface area (TPSA) is 79.3 Å². The molecule has 2 N–H and O–H groups in total. The standard InChI is InChI=1S/C18H23N5O2/c1-18(2)16(24)23(17(25)21-18)10-9-19-15(13-7-5-4-6-8-13)14-11-20-22(3)12-14/h4-8,11-12,15,19H,9-10H2,1-3H3,(H,21,25). The van der Waals surface area contributed by atoms with Crippen molar-refractivity contribution in [3.05, 3.63) is 53.9 Å². The summed E-state index contributed by atoms with van der Waals surface area (Å²) in [5.74, 6) is -0.197. The highest BCUT2D eigenvalue weighted by Gasteiger charge is 2.43. The summed E-state index contributed by atoms with van der Waals surface area (Å²) in [5, 5.41) is 10.4. The largest absolute Gasteiger partial charge is 0.325 e. The lowest BCUT2D eigenvalue weighted by Gasteiger charge is -2.20. The molecule has 1 unspecified atom stereocenters. The van der Waals surface area contributed by atoms with Crippen LogP contribution in [0.1, 0.15) is 31.0 Å². The Labute approximate surface area is 147 Å². The summed E-state index contributed by atoms with van der Waals surface area (Å²) in [6.45, 7) is 4.23. The van der Waals surface area contributed by atoms with E-state index in [1.807, 2.05) is 49.8 Å². The molecule has 0 spiro atoms. The van der Waals surface area contributed by atoms with E-state index in [2.05, 4.69) is 15.7 Å². The Morgan fingerprint density at radius 3 is 2.48 bits per heavy atom. The normalized spacial score (nSPS) is 17.6. The SMILES string of the molecule is Cn1cc(C(NCCN2C(=O)NC(C)(C)C2=O)c2ccccc2)cn1. The van der Waals surface area contributed by atoms with Gasteiger partial charge in [0.15, 0.2) is 0 Å². The Bertz CT molecular complexity index is 769. The summed E-state index contributed by atoms with van der Waals surface area (Å²) in [6.07, 6.45) is 3.78. The highest BCUT2D eigenvalue weighted by atomic mass is 16.2. The lowest BCUT2D eigenvalue weighted by molar-refractivity contribution is -0.130. The van der Waals surface area contributed by atoms with Crippen LogP contribution in [0, 0.1) is 0 Å². The van der Waals surface area contributed by atoms with Crippen LogP contribution in [0.3, 0.4) is 0 Å².